The number of hydrogen-bond acceptors (Lipinski definition) is 2. The van der Waals surface area contributed by atoms with E-state index in [1.807, 2.05) is 45.0 Å². The van der Waals surface area contributed by atoms with E-state index in [2.05, 4.69) is 10.6 Å². The molecule has 1 saturated carbocycles. The van der Waals surface area contributed by atoms with Gasteiger partial charge in [-0.15, -0.1) is 0 Å². The summed E-state index contributed by atoms with van der Waals surface area (Å²) in [6.07, 6.45) is 2.94. The second kappa shape index (κ2) is 6.48. The van der Waals surface area contributed by atoms with Crippen LogP contribution in [0.2, 0.25) is 0 Å². The Morgan fingerprint density at radius 2 is 2.19 bits per heavy atom. The van der Waals surface area contributed by atoms with Crippen LogP contribution in [0.3, 0.4) is 0 Å². The van der Waals surface area contributed by atoms with Crippen molar-refractivity contribution in [3.8, 4) is 0 Å². The third kappa shape index (κ3) is 3.56. The molecule has 1 aliphatic carbocycles. The molecule has 0 radical (unpaired) electrons. The number of hydrogen-bond donors (Lipinski definition) is 3. The molecule has 2 amide bonds. The third-order valence-electron chi connectivity index (χ3n) is 4.75. The molecule has 2 rings (SSSR count). The van der Waals surface area contributed by atoms with Gasteiger partial charge in [0.2, 0.25) is 0 Å². The van der Waals surface area contributed by atoms with Gasteiger partial charge in [0.1, 0.15) is 0 Å². The minimum absolute atomic E-state index is 0.0343. The van der Waals surface area contributed by atoms with Crippen LogP contribution in [0.4, 0.5) is 4.79 Å². The number of urea groups is 1. The van der Waals surface area contributed by atoms with Crippen LogP contribution in [-0.2, 0) is 0 Å². The largest absolute Gasteiger partial charge is 0.396 e. The first kappa shape index (κ1) is 15.8. The van der Waals surface area contributed by atoms with E-state index >= 15 is 0 Å². The van der Waals surface area contributed by atoms with Crippen LogP contribution in [0.1, 0.15) is 50.3 Å². The Bertz CT molecular complexity index is 503. The molecule has 116 valence electrons. The molecule has 1 fully saturated rings. The van der Waals surface area contributed by atoms with Gasteiger partial charge in [-0.05, 0) is 37.8 Å². The summed E-state index contributed by atoms with van der Waals surface area (Å²) in [5.74, 6) is 0. The molecule has 21 heavy (non-hydrogen) atoms. The number of rotatable bonds is 4. The van der Waals surface area contributed by atoms with Crippen molar-refractivity contribution in [1.29, 1.82) is 0 Å². The smallest absolute Gasteiger partial charge is 0.315 e. The van der Waals surface area contributed by atoms with Crippen LogP contribution in [0, 0.1) is 12.3 Å². The summed E-state index contributed by atoms with van der Waals surface area (Å²) in [6, 6.07) is 7.92. The Morgan fingerprint density at radius 3 is 2.86 bits per heavy atom. The van der Waals surface area contributed by atoms with E-state index in [1.165, 1.54) is 5.56 Å². The molecule has 3 unspecified atom stereocenters. The second-order valence-corrected chi connectivity index (χ2v) is 6.45. The van der Waals surface area contributed by atoms with E-state index in [9.17, 15) is 9.90 Å². The Balaban J connectivity index is 1.95. The first-order chi connectivity index (χ1) is 9.96. The SMILES string of the molecule is Cc1ccccc1C(C)NC(=O)NC1CCCC1(C)CO. The fourth-order valence-electron chi connectivity index (χ4n) is 3.22. The van der Waals surface area contributed by atoms with Gasteiger partial charge >= 0.3 is 6.03 Å². The molecule has 1 aromatic rings. The third-order valence-corrected chi connectivity index (χ3v) is 4.75. The van der Waals surface area contributed by atoms with Gasteiger partial charge in [0, 0.05) is 11.5 Å². The fourth-order valence-corrected chi connectivity index (χ4v) is 3.22. The number of carbonyl (C=O) groups is 1. The lowest BCUT2D eigenvalue weighted by Crippen LogP contribution is -2.49. The Labute approximate surface area is 126 Å². The van der Waals surface area contributed by atoms with E-state index in [-0.39, 0.29) is 30.1 Å². The summed E-state index contributed by atoms with van der Waals surface area (Å²) in [5, 5.41) is 15.6. The van der Waals surface area contributed by atoms with Gasteiger partial charge in [0.05, 0.1) is 12.6 Å². The van der Waals surface area contributed by atoms with Crippen molar-refractivity contribution in [2.45, 2.75) is 52.1 Å². The monoisotopic (exact) mass is 290 g/mol. The Hall–Kier alpha value is -1.55. The van der Waals surface area contributed by atoms with Crippen LogP contribution in [0.5, 0.6) is 0 Å². The van der Waals surface area contributed by atoms with Crippen molar-refractivity contribution in [2.75, 3.05) is 6.61 Å². The Morgan fingerprint density at radius 1 is 1.48 bits per heavy atom. The number of carbonyl (C=O) groups excluding carboxylic acids is 1. The molecule has 4 heteroatoms. The molecule has 0 heterocycles. The topological polar surface area (TPSA) is 61.4 Å². The molecule has 4 nitrogen and oxygen atoms in total. The molecule has 0 aromatic heterocycles. The average molecular weight is 290 g/mol. The normalized spacial score (nSPS) is 26.4. The summed E-state index contributed by atoms with van der Waals surface area (Å²) in [6.45, 7) is 6.19. The van der Waals surface area contributed by atoms with Gasteiger partial charge in [-0.2, -0.15) is 0 Å². The quantitative estimate of drug-likeness (QED) is 0.798. The van der Waals surface area contributed by atoms with Gasteiger partial charge in [0.15, 0.2) is 0 Å². The van der Waals surface area contributed by atoms with Crippen molar-refractivity contribution >= 4 is 6.03 Å². The molecule has 3 N–H and O–H groups in total. The van der Waals surface area contributed by atoms with Crippen LogP contribution < -0.4 is 10.6 Å². The van der Waals surface area contributed by atoms with Crippen LogP contribution in [0.15, 0.2) is 24.3 Å². The van der Waals surface area contributed by atoms with E-state index in [0.717, 1.165) is 24.8 Å². The highest BCUT2D eigenvalue weighted by Gasteiger charge is 2.39. The van der Waals surface area contributed by atoms with Crippen molar-refractivity contribution in [3.63, 3.8) is 0 Å². The summed E-state index contributed by atoms with van der Waals surface area (Å²) >= 11 is 0. The maximum absolute atomic E-state index is 12.2. The number of amides is 2. The fraction of sp³-hybridized carbons (Fsp3) is 0.588. The lowest BCUT2D eigenvalue weighted by Gasteiger charge is -2.30. The minimum Gasteiger partial charge on any atom is -0.396 e. The van der Waals surface area contributed by atoms with Gasteiger partial charge in [-0.25, -0.2) is 4.79 Å². The van der Waals surface area contributed by atoms with Crippen LogP contribution in [-0.4, -0.2) is 23.8 Å². The summed E-state index contributed by atoms with van der Waals surface area (Å²) in [4.78, 5) is 12.2. The maximum atomic E-state index is 12.2. The lowest BCUT2D eigenvalue weighted by atomic mass is 9.86. The van der Waals surface area contributed by atoms with Crippen molar-refractivity contribution in [2.24, 2.45) is 5.41 Å². The minimum atomic E-state index is -0.191. The standard InChI is InChI=1S/C17H26N2O2/c1-12-7-4-5-8-14(12)13(2)18-16(21)19-15-9-6-10-17(15,3)11-20/h4-5,7-8,13,15,20H,6,9-11H2,1-3H3,(H2,18,19,21). The summed E-state index contributed by atoms with van der Waals surface area (Å²) < 4.78 is 0. The molecule has 0 bridgehead atoms. The van der Waals surface area contributed by atoms with Crippen molar-refractivity contribution in [1.82, 2.24) is 10.6 Å². The molecule has 1 aromatic carbocycles. The molecule has 1 aliphatic rings. The highest BCUT2D eigenvalue weighted by molar-refractivity contribution is 5.75. The van der Waals surface area contributed by atoms with Gasteiger partial charge in [-0.1, -0.05) is 37.6 Å². The second-order valence-electron chi connectivity index (χ2n) is 6.45. The van der Waals surface area contributed by atoms with Crippen LogP contribution in [0.25, 0.3) is 0 Å². The average Bonchev–Trinajstić information content (AvgIpc) is 2.81. The van der Waals surface area contributed by atoms with Gasteiger partial charge in [0.25, 0.3) is 0 Å². The summed E-state index contributed by atoms with van der Waals surface area (Å²) in [7, 11) is 0. The predicted molar refractivity (Wildman–Crippen MR) is 84.1 cm³/mol. The number of aliphatic hydroxyl groups is 1. The molecule has 0 aliphatic heterocycles. The number of aliphatic hydroxyl groups excluding tert-OH is 1. The van der Waals surface area contributed by atoms with Crippen molar-refractivity contribution in [3.05, 3.63) is 35.4 Å². The predicted octanol–water partition coefficient (Wildman–Crippen LogP) is 2.91. The first-order valence-electron chi connectivity index (χ1n) is 7.70. The number of aryl methyl sites for hydroxylation is 1. The zero-order chi connectivity index (χ0) is 15.5. The number of benzene rings is 1. The molecule has 0 spiro atoms. The zero-order valence-electron chi connectivity index (χ0n) is 13.1. The van der Waals surface area contributed by atoms with Gasteiger partial charge < -0.3 is 15.7 Å². The van der Waals surface area contributed by atoms with E-state index in [0.29, 0.717) is 0 Å². The molecular weight excluding hydrogens is 264 g/mol. The zero-order valence-corrected chi connectivity index (χ0v) is 13.1. The maximum Gasteiger partial charge on any atom is 0.315 e. The lowest BCUT2D eigenvalue weighted by molar-refractivity contribution is 0.121. The first-order valence-corrected chi connectivity index (χ1v) is 7.70. The van der Waals surface area contributed by atoms with E-state index in [1.54, 1.807) is 0 Å². The molecule has 3 atom stereocenters. The molecular formula is C17H26N2O2. The molecule has 0 saturated heterocycles. The van der Waals surface area contributed by atoms with Crippen LogP contribution >= 0.6 is 0 Å². The highest BCUT2D eigenvalue weighted by Crippen LogP contribution is 2.37. The summed E-state index contributed by atoms with van der Waals surface area (Å²) in [5.41, 5.74) is 2.11. The van der Waals surface area contributed by atoms with Crippen molar-refractivity contribution < 1.29 is 9.90 Å². The van der Waals surface area contributed by atoms with E-state index in [4.69, 9.17) is 0 Å². The Kier molecular flexibility index (Phi) is 4.88. The highest BCUT2D eigenvalue weighted by atomic mass is 16.3. The number of nitrogens with one attached hydrogen (secondary N) is 2. The van der Waals surface area contributed by atoms with E-state index < -0.39 is 0 Å². The van der Waals surface area contributed by atoms with Gasteiger partial charge in [-0.3, -0.25) is 0 Å².